The molecule has 0 aliphatic carbocycles. The number of methoxy groups -OCH3 is 1. The van der Waals surface area contributed by atoms with Crippen molar-refractivity contribution in [2.75, 3.05) is 12.4 Å². The highest BCUT2D eigenvalue weighted by Crippen LogP contribution is 2.15. The van der Waals surface area contributed by atoms with Crippen LogP contribution in [0.2, 0.25) is 0 Å². The maximum atomic E-state index is 13.1. The molecule has 0 amide bonds. The second kappa shape index (κ2) is 5.49. The third-order valence-corrected chi connectivity index (χ3v) is 2.28. The number of carbonyl (C=O) groups excluding carboxylic acids is 1. The molecule has 1 aromatic carbocycles. The minimum atomic E-state index is -0.439. The molecule has 1 atom stereocenters. The molecule has 1 N–H and O–H groups in total. The molecule has 0 fully saturated rings. The van der Waals surface area contributed by atoms with Crippen LogP contribution < -0.4 is 5.32 Å². The van der Waals surface area contributed by atoms with Crippen LogP contribution in [0.1, 0.15) is 18.9 Å². The van der Waals surface area contributed by atoms with Gasteiger partial charge in [-0.05, 0) is 37.1 Å². The molecule has 0 bridgehead atoms. The maximum absolute atomic E-state index is 13.1. The van der Waals surface area contributed by atoms with Gasteiger partial charge in [-0.2, -0.15) is 0 Å². The Labute approximate surface area is 94.6 Å². The van der Waals surface area contributed by atoms with Crippen LogP contribution in [0.15, 0.2) is 18.2 Å². The van der Waals surface area contributed by atoms with E-state index in [0.717, 1.165) is 5.56 Å². The molecule has 0 aliphatic heterocycles. The van der Waals surface area contributed by atoms with Gasteiger partial charge in [-0.3, -0.25) is 0 Å². The number of carbonyl (C=O) groups is 1. The second-order valence-corrected chi connectivity index (χ2v) is 3.65. The fourth-order valence-electron chi connectivity index (χ4n) is 1.49. The van der Waals surface area contributed by atoms with Gasteiger partial charge in [-0.15, -0.1) is 0 Å². The van der Waals surface area contributed by atoms with Crippen LogP contribution in [-0.4, -0.2) is 19.1 Å². The summed E-state index contributed by atoms with van der Waals surface area (Å²) in [7, 11) is 1.34. The summed E-state index contributed by atoms with van der Waals surface area (Å²) >= 11 is 0. The van der Waals surface area contributed by atoms with Crippen LogP contribution >= 0.6 is 0 Å². The molecule has 1 rings (SSSR count). The van der Waals surface area contributed by atoms with E-state index in [1.165, 1.54) is 19.2 Å². The van der Waals surface area contributed by atoms with Crippen LogP contribution in [0.5, 0.6) is 0 Å². The zero-order chi connectivity index (χ0) is 12.1. The van der Waals surface area contributed by atoms with Gasteiger partial charge in [0.15, 0.2) is 0 Å². The van der Waals surface area contributed by atoms with Crippen molar-refractivity contribution in [1.82, 2.24) is 0 Å². The number of rotatable bonds is 4. The maximum Gasteiger partial charge on any atom is 0.328 e. The van der Waals surface area contributed by atoms with Gasteiger partial charge in [-0.25, -0.2) is 9.18 Å². The first kappa shape index (κ1) is 12.5. The quantitative estimate of drug-likeness (QED) is 0.800. The Morgan fingerprint density at radius 2 is 2.19 bits per heavy atom. The van der Waals surface area contributed by atoms with Crippen molar-refractivity contribution in [3.63, 3.8) is 0 Å². The monoisotopic (exact) mass is 225 g/mol. The van der Waals surface area contributed by atoms with E-state index in [1.807, 2.05) is 6.92 Å². The first-order valence-electron chi connectivity index (χ1n) is 5.18. The summed E-state index contributed by atoms with van der Waals surface area (Å²) in [5.41, 5.74) is 1.40. The first-order valence-corrected chi connectivity index (χ1v) is 5.18. The third kappa shape index (κ3) is 3.22. The molecular formula is C12H16FNO2. The molecule has 0 aliphatic rings. The number of hydrogen-bond donors (Lipinski definition) is 1. The molecule has 4 heteroatoms. The number of benzene rings is 1. The lowest BCUT2D eigenvalue weighted by Gasteiger charge is -2.16. The van der Waals surface area contributed by atoms with E-state index < -0.39 is 6.04 Å². The summed E-state index contributed by atoms with van der Waals surface area (Å²) in [6.45, 7) is 3.66. The zero-order valence-corrected chi connectivity index (χ0v) is 9.71. The van der Waals surface area contributed by atoms with Crippen LogP contribution in [0.25, 0.3) is 0 Å². The standard InChI is InChI=1S/C12H16FNO2/c1-4-11(12(15)16-3)14-10-6-8(2)5-9(13)7-10/h5-7,11,14H,4H2,1-3H3. The van der Waals surface area contributed by atoms with Crippen molar-refractivity contribution in [2.45, 2.75) is 26.3 Å². The van der Waals surface area contributed by atoms with E-state index in [0.29, 0.717) is 12.1 Å². The van der Waals surface area contributed by atoms with E-state index in [9.17, 15) is 9.18 Å². The molecular weight excluding hydrogens is 209 g/mol. The lowest BCUT2D eigenvalue weighted by atomic mass is 10.1. The average molecular weight is 225 g/mol. The molecule has 0 saturated heterocycles. The summed E-state index contributed by atoms with van der Waals surface area (Å²) in [4.78, 5) is 11.3. The number of halogens is 1. The summed E-state index contributed by atoms with van der Waals surface area (Å²) < 4.78 is 17.7. The Kier molecular flexibility index (Phi) is 4.28. The molecule has 1 aromatic rings. The first-order chi connectivity index (χ1) is 7.56. The van der Waals surface area contributed by atoms with Crippen molar-refractivity contribution < 1.29 is 13.9 Å². The fraction of sp³-hybridized carbons (Fsp3) is 0.417. The SMILES string of the molecule is CCC(Nc1cc(C)cc(F)c1)C(=O)OC. The molecule has 16 heavy (non-hydrogen) atoms. The molecule has 0 saturated carbocycles. The number of anilines is 1. The predicted molar refractivity (Wildman–Crippen MR) is 60.9 cm³/mol. The number of ether oxygens (including phenoxy) is 1. The highest BCUT2D eigenvalue weighted by atomic mass is 19.1. The largest absolute Gasteiger partial charge is 0.467 e. The summed E-state index contributed by atoms with van der Waals surface area (Å²) in [5, 5.41) is 2.95. The molecule has 88 valence electrons. The minimum absolute atomic E-state index is 0.317. The van der Waals surface area contributed by atoms with Gasteiger partial charge in [0.2, 0.25) is 0 Å². The Bertz CT molecular complexity index is 359. The number of aryl methyl sites for hydroxylation is 1. The minimum Gasteiger partial charge on any atom is -0.467 e. The van der Waals surface area contributed by atoms with Gasteiger partial charge >= 0.3 is 5.97 Å². The Balaban J connectivity index is 2.81. The van der Waals surface area contributed by atoms with Crippen molar-refractivity contribution in [3.8, 4) is 0 Å². The topological polar surface area (TPSA) is 38.3 Å². The lowest BCUT2D eigenvalue weighted by Crippen LogP contribution is -2.29. The van der Waals surface area contributed by atoms with Crippen molar-refractivity contribution >= 4 is 11.7 Å². The fourth-order valence-corrected chi connectivity index (χ4v) is 1.49. The molecule has 0 spiro atoms. The van der Waals surface area contributed by atoms with E-state index in [1.54, 1.807) is 13.0 Å². The van der Waals surface area contributed by atoms with Crippen LogP contribution in [0, 0.1) is 12.7 Å². The highest BCUT2D eigenvalue weighted by molar-refractivity contribution is 5.79. The van der Waals surface area contributed by atoms with E-state index in [4.69, 9.17) is 0 Å². The number of hydrogen-bond acceptors (Lipinski definition) is 3. The molecule has 0 aromatic heterocycles. The number of nitrogens with one attached hydrogen (secondary N) is 1. The third-order valence-electron chi connectivity index (χ3n) is 2.28. The van der Waals surface area contributed by atoms with Crippen molar-refractivity contribution in [3.05, 3.63) is 29.6 Å². The van der Waals surface area contributed by atoms with E-state index >= 15 is 0 Å². The summed E-state index contributed by atoms with van der Waals surface area (Å²) in [6, 6.07) is 4.14. The van der Waals surface area contributed by atoms with Crippen molar-refractivity contribution in [1.29, 1.82) is 0 Å². The molecule has 1 unspecified atom stereocenters. The van der Waals surface area contributed by atoms with Gasteiger partial charge in [0.1, 0.15) is 11.9 Å². The zero-order valence-electron chi connectivity index (χ0n) is 9.71. The van der Waals surface area contributed by atoms with Crippen molar-refractivity contribution in [2.24, 2.45) is 0 Å². The Hall–Kier alpha value is -1.58. The summed E-state index contributed by atoms with van der Waals surface area (Å²) in [5.74, 6) is -0.661. The predicted octanol–water partition coefficient (Wildman–Crippen LogP) is 2.50. The highest BCUT2D eigenvalue weighted by Gasteiger charge is 2.16. The average Bonchev–Trinajstić information content (AvgIpc) is 2.23. The molecule has 3 nitrogen and oxygen atoms in total. The van der Waals surface area contributed by atoms with Gasteiger partial charge in [0, 0.05) is 5.69 Å². The normalized spacial score (nSPS) is 12.0. The second-order valence-electron chi connectivity index (χ2n) is 3.65. The Morgan fingerprint density at radius 3 is 2.69 bits per heavy atom. The lowest BCUT2D eigenvalue weighted by molar-refractivity contribution is -0.141. The molecule has 0 radical (unpaired) electrons. The van der Waals surface area contributed by atoms with Gasteiger partial charge < -0.3 is 10.1 Å². The van der Waals surface area contributed by atoms with Crippen LogP contribution in [0.4, 0.5) is 10.1 Å². The Morgan fingerprint density at radius 1 is 1.50 bits per heavy atom. The van der Waals surface area contributed by atoms with E-state index in [-0.39, 0.29) is 11.8 Å². The molecule has 0 heterocycles. The van der Waals surface area contributed by atoms with E-state index in [2.05, 4.69) is 10.1 Å². The van der Waals surface area contributed by atoms with Crippen LogP contribution in [-0.2, 0) is 9.53 Å². The van der Waals surface area contributed by atoms with Gasteiger partial charge in [0.05, 0.1) is 7.11 Å². The number of esters is 1. The summed E-state index contributed by atoms with van der Waals surface area (Å²) in [6.07, 6.45) is 0.586. The van der Waals surface area contributed by atoms with Crippen LogP contribution in [0.3, 0.4) is 0 Å². The smallest absolute Gasteiger partial charge is 0.328 e. The van der Waals surface area contributed by atoms with Gasteiger partial charge in [0.25, 0.3) is 0 Å². The van der Waals surface area contributed by atoms with Gasteiger partial charge in [-0.1, -0.05) is 6.92 Å².